The van der Waals surface area contributed by atoms with Crippen molar-refractivity contribution in [3.05, 3.63) is 58.7 Å². The third-order valence-electron chi connectivity index (χ3n) is 4.20. The van der Waals surface area contributed by atoms with Crippen molar-refractivity contribution >= 4 is 0 Å². The largest absolute Gasteiger partial charge is 0.326 e. The van der Waals surface area contributed by atoms with Gasteiger partial charge in [-0.15, -0.1) is 0 Å². The first kappa shape index (κ1) is 12.4. The van der Waals surface area contributed by atoms with Gasteiger partial charge in [-0.3, -0.25) is 0 Å². The lowest BCUT2D eigenvalue weighted by Crippen LogP contribution is -2.02. The zero-order valence-electron chi connectivity index (χ0n) is 11.6. The SMILES string of the molecule is Cc1ccc(CN)cc1-c1ccc2c(c1)CCCC2. The van der Waals surface area contributed by atoms with Gasteiger partial charge in [-0.2, -0.15) is 0 Å². The Morgan fingerprint density at radius 3 is 2.53 bits per heavy atom. The van der Waals surface area contributed by atoms with E-state index in [2.05, 4.69) is 43.3 Å². The van der Waals surface area contributed by atoms with Crippen LogP contribution >= 0.6 is 0 Å². The van der Waals surface area contributed by atoms with Gasteiger partial charge in [0.25, 0.3) is 0 Å². The average molecular weight is 251 g/mol. The molecule has 3 rings (SSSR count). The molecule has 2 N–H and O–H groups in total. The topological polar surface area (TPSA) is 26.0 Å². The summed E-state index contributed by atoms with van der Waals surface area (Å²) in [5.41, 5.74) is 14.0. The van der Waals surface area contributed by atoms with Crippen molar-refractivity contribution in [1.82, 2.24) is 0 Å². The molecule has 0 atom stereocenters. The fraction of sp³-hybridized carbons (Fsp3) is 0.333. The van der Waals surface area contributed by atoms with Gasteiger partial charge in [0.15, 0.2) is 0 Å². The summed E-state index contributed by atoms with van der Waals surface area (Å²) in [7, 11) is 0. The predicted molar refractivity (Wildman–Crippen MR) is 81.1 cm³/mol. The van der Waals surface area contributed by atoms with Crippen LogP contribution in [0.4, 0.5) is 0 Å². The zero-order valence-corrected chi connectivity index (χ0v) is 11.6. The molecule has 0 heterocycles. The normalized spacial score (nSPS) is 14.2. The van der Waals surface area contributed by atoms with Crippen LogP contribution in [0.5, 0.6) is 0 Å². The molecule has 1 nitrogen and oxygen atoms in total. The van der Waals surface area contributed by atoms with Crippen LogP contribution < -0.4 is 5.73 Å². The van der Waals surface area contributed by atoms with Crippen LogP contribution in [-0.2, 0) is 19.4 Å². The molecule has 19 heavy (non-hydrogen) atoms. The molecule has 0 saturated carbocycles. The van der Waals surface area contributed by atoms with Gasteiger partial charge in [0.2, 0.25) is 0 Å². The number of nitrogens with two attached hydrogens (primary N) is 1. The van der Waals surface area contributed by atoms with E-state index in [0.717, 1.165) is 0 Å². The Labute approximate surface area is 115 Å². The number of aryl methyl sites for hydroxylation is 3. The molecule has 1 heteroatoms. The molecule has 0 radical (unpaired) electrons. The summed E-state index contributed by atoms with van der Waals surface area (Å²) >= 11 is 0. The molecule has 98 valence electrons. The van der Waals surface area contributed by atoms with E-state index in [-0.39, 0.29) is 0 Å². The standard InChI is InChI=1S/C18H21N/c1-13-6-7-14(12-19)10-18(13)17-9-8-15-4-2-3-5-16(15)11-17/h6-11H,2-5,12,19H2,1H3. The first-order chi connectivity index (χ1) is 9.28. The smallest absolute Gasteiger partial charge is 0.0178 e. The molecule has 1 aliphatic carbocycles. The quantitative estimate of drug-likeness (QED) is 0.857. The molecule has 0 aromatic heterocycles. The number of fused-ring (bicyclic) bond motifs is 1. The second-order valence-electron chi connectivity index (χ2n) is 5.54. The monoisotopic (exact) mass is 251 g/mol. The minimum Gasteiger partial charge on any atom is -0.326 e. The van der Waals surface area contributed by atoms with Crippen LogP contribution in [0, 0.1) is 6.92 Å². The van der Waals surface area contributed by atoms with Crippen LogP contribution in [0.25, 0.3) is 11.1 Å². The van der Waals surface area contributed by atoms with Gasteiger partial charge in [-0.05, 0) is 72.1 Å². The number of benzene rings is 2. The predicted octanol–water partition coefficient (Wildman–Crippen LogP) is 4.00. The van der Waals surface area contributed by atoms with E-state index in [1.165, 1.54) is 47.9 Å². The first-order valence-electron chi connectivity index (χ1n) is 7.19. The van der Waals surface area contributed by atoms with E-state index in [1.807, 2.05) is 0 Å². The molecule has 0 spiro atoms. The number of rotatable bonds is 2. The maximum atomic E-state index is 5.76. The second kappa shape index (κ2) is 5.18. The fourth-order valence-electron chi connectivity index (χ4n) is 3.01. The number of hydrogen-bond donors (Lipinski definition) is 1. The van der Waals surface area contributed by atoms with Gasteiger partial charge in [0, 0.05) is 6.54 Å². The van der Waals surface area contributed by atoms with Gasteiger partial charge < -0.3 is 5.73 Å². The zero-order chi connectivity index (χ0) is 13.2. The maximum absolute atomic E-state index is 5.76. The third-order valence-corrected chi connectivity index (χ3v) is 4.20. The molecular formula is C18H21N. The summed E-state index contributed by atoms with van der Waals surface area (Å²) in [6, 6.07) is 13.5. The molecule has 0 amide bonds. The Kier molecular flexibility index (Phi) is 3.39. The molecule has 0 aliphatic heterocycles. The highest BCUT2D eigenvalue weighted by Gasteiger charge is 2.11. The van der Waals surface area contributed by atoms with Gasteiger partial charge >= 0.3 is 0 Å². The molecule has 0 bridgehead atoms. The summed E-state index contributed by atoms with van der Waals surface area (Å²) in [5, 5.41) is 0. The first-order valence-corrected chi connectivity index (χ1v) is 7.19. The average Bonchev–Trinajstić information content (AvgIpc) is 2.47. The molecule has 2 aromatic rings. The molecule has 2 aromatic carbocycles. The maximum Gasteiger partial charge on any atom is 0.0178 e. The summed E-state index contributed by atoms with van der Waals surface area (Å²) in [6.45, 7) is 2.79. The van der Waals surface area contributed by atoms with Crippen LogP contribution in [0.2, 0.25) is 0 Å². The van der Waals surface area contributed by atoms with Crippen LogP contribution in [0.3, 0.4) is 0 Å². The summed E-state index contributed by atoms with van der Waals surface area (Å²) in [5.74, 6) is 0. The minimum absolute atomic E-state index is 0.609. The highest BCUT2D eigenvalue weighted by Crippen LogP contribution is 2.29. The van der Waals surface area contributed by atoms with Crippen molar-refractivity contribution in [3.63, 3.8) is 0 Å². The summed E-state index contributed by atoms with van der Waals surface area (Å²) in [4.78, 5) is 0. The molecule has 0 fully saturated rings. The summed E-state index contributed by atoms with van der Waals surface area (Å²) < 4.78 is 0. The van der Waals surface area contributed by atoms with Gasteiger partial charge in [0.1, 0.15) is 0 Å². The van der Waals surface area contributed by atoms with Crippen LogP contribution in [0.15, 0.2) is 36.4 Å². The highest BCUT2D eigenvalue weighted by atomic mass is 14.5. The lowest BCUT2D eigenvalue weighted by Gasteiger charge is -2.17. The van der Waals surface area contributed by atoms with E-state index >= 15 is 0 Å². The van der Waals surface area contributed by atoms with Gasteiger partial charge in [-0.25, -0.2) is 0 Å². The van der Waals surface area contributed by atoms with Crippen molar-refractivity contribution in [2.75, 3.05) is 0 Å². The van der Waals surface area contributed by atoms with E-state index < -0.39 is 0 Å². The van der Waals surface area contributed by atoms with Gasteiger partial charge in [-0.1, -0.05) is 30.3 Å². The van der Waals surface area contributed by atoms with Gasteiger partial charge in [0.05, 0.1) is 0 Å². The third kappa shape index (κ3) is 2.43. The molecular weight excluding hydrogens is 230 g/mol. The highest BCUT2D eigenvalue weighted by molar-refractivity contribution is 5.69. The minimum atomic E-state index is 0.609. The van der Waals surface area contributed by atoms with Crippen molar-refractivity contribution in [1.29, 1.82) is 0 Å². The Hall–Kier alpha value is -1.60. The Morgan fingerprint density at radius 1 is 0.947 bits per heavy atom. The number of hydrogen-bond acceptors (Lipinski definition) is 1. The van der Waals surface area contributed by atoms with Crippen molar-refractivity contribution in [2.24, 2.45) is 5.73 Å². The lowest BCUT2D eigenvalue weighted by molar-refractivity contribution is 0.686. The van der Waals surface area contributed by atoms with E-state index in [4.69, 9.17) is 5.73 Å². The Bertz CT molecular complexity index is 599. The molecule has 0 saturated heterocycles. The van der Waals surface area contributed by atoms with Crippen LogP contribution in [-0.4, -0.2) is 0 Å². The van der Waals surface area contributed by atoms with Crippen molar-refractivity contribution in [3.8, 4) is 11.1 Å². The fourth-order valence-corrected chi connectivity index (χ4v) is 3.01. The molecule has 1 aliphatic rings. The molecule has 0 unspecified atom stereocenters. The van der Waals surface area contributed by atoms with E-state index in [9.17, 15) is 0 Å². The van der Waals surface area contributed by atoms with Crippen molar-refractivity contribution < 1.29 is 0 Å². The Morgan fingerprint density at radius 2 is 1.74 bits per heavy atom. The Balaban J connectivity index is 2.06. The van der Waals surface area contributed by atoms with Crippen LogP contribution in [0.1, 0.15) is 35.1 Å². The summed E-state index contributed by atoms with van der Waals surface area (Å²) in [6.07, 6.45) is 5.16. The second-order valence-corrected chi connectivity index (χ2v) is 5.54. The van der Waals surface area contributed by atoms with E-state index in [0.29, 0.717) is 6.54 Å². The van der Waals surface area contributed by atoms with Crippen molar-refractivity contribution in [2.45, 2.75) is 39.2 Å². The lowest BCUT2D eigenvalue weighted by atomic mass is 9.88. The van der Waals surface area contributed by atoms with E-state index in [1.54, 1.807) is 11.1 Å².